The van der Waals surface area contributed by atoms with Gasteiger partial charge in [-0.25, -0.2) is 4.39 Å². The summed E-state index contributed by atoms with van der Waals surface area (Å²) in [6, 6.07) is 26.6. The average molecular weight is 566 g/mol. The molecule has 3 amide bonds. The van der Waals surface area contributed by atoms with Crippen LogP contribution in [0.4, 0.5) is 10.1 Å². The first-order valence-electron chi connectivity index (χ1n) is 14.5. The minimum Gasteiger partial charge on any atom is -0.354 e. The van der Waals surface area contributed by atoms with Crippen LogP contribution in [-0.4, -0.2) is 41.8 Å². The minimum atomic E-state index is -0.829. The van der Waals surface area contributed by atoms with Crippen molar-refractivity contribution in [2.75, 3.05) is 18.0 Å². The Hall–Kier alpha value is -4.52. The summed E-state index contributed by atoms with van der Waals surface area (Å²) in [5.41, 5.74) is 2.76. The largest absolute Gasteiger partial charge is 0.354 e. The lowest BCUT2D eigenvalue weighted by molar-refractivity contribution is -0.141. The molecule has 0 saturated carbocycles. The number of hydrogen-bond acceptors (Lipinski definition) is 3. The van der Waals surface area contributed by atoms with Crippen LogP contribution in [0.3, 0.4) is 0 Å². The summed E-state index contributed by atoms with van der Waals surface area (Å²) in [7, 11) is 0. The minimum absolute atomic E-state index is 0.0362. The number of anilines is 1. The quantitative estimate of drug-likeness (QED) is 0.225. The second-order valence-corrected chi connectivity index (χ2v) is 11.2. The first-order chi connectivity index (χ1) is 20.3. The van der Waals surface area contributed by atoms with E-state index in [1.165, 1.54) is 11.0 Å². The number of halogens is 1. The molecule has 4 aromatic rings. The Balaban J connectivity index is 1.38. The second-order valence-electron chi connectivity index (χ2n) is 11.2. The standard InChI is InChI=1S/C35H36FN3O3/c1-24(2)22-37-34(41)31(21-25-11-4-3-5-12-25)39(23-27-13-6-7-17-29(27)36)32(40)19-10-20-38-30-18-9-15-26-14-8-16-28(33(26)30)35(38)42/h3-9,11-18,24,31H,10,19-23H2,1-2H3,(H,37,41). The number of carbonyl (C=O) groups is 3. The molecule has 42 heavy (non-hydrogen) atoms. The molecule has 1 aliphatic rings. The monoisotopic (exact) mass is 565 g/mol. The molecule has 1 aliphatic heterocycles. The molecule has 6 nitrogen and oxygen atoms in total. The molecule has 7 heteroatoms. The Morgan fingerprint density at radius 1 is 0.905 bits per heavy atom. The van der Waals surface area contributed by atoms with Gasteiger partial charge in [-0.1, -0.05) is 86.6 Å². The molecule has 1 atom stereocenters. The first kappa shape index (κ1) is 29.0. The van der Waals surface area contributed by atoms with E-state index in [-0.39, 0.29) is 36.6 Å². The van der Waals surface area contributed by atoms with Crippen molar-refractivity contribution >= 4 is 34.2 Å². The molecule has 1 heterocycles. The molecular weight excluding hydrogens is 529 g/mol. The molecular formula is C35H36FN3O3. The van der Waals surface area contributed by atoms with Gasteiger partial charge in [0.15, 0.2) is 0 Å². The van der Waals surface area contributed by atoms with Gasteiger partial charge in [-0.15, -0.1) is 0 Å². The van der Waals surface area contributed by atoms with Crippen LogP contribution in [0.5, 0.6) is 0 Å². The summed E-state index contributed by atoms with van der Waals surface area (Å²) in [6.45, 7) is 4.80. The molecule has 0 spiro atoms. The number of nitrogens with one attached hydrogen (secondary N) is 1. The molecule has 1 N–H and O–H groups in total. The number of hydrogen-bond donors (Lipinski definition) is 1. The molecule has 0 fully saturated rings. The van der Waals surface area contributed by atoms with Crippen molar-refractivity contribution in [2.45, 2.75) is 45.7 Å². The van der Waals surface area contributed by atoms with Crippen LogP contribution < -0.4 is 10.2 Å². The van der Waals surface area contributed by atoms with E-state index >= 15 is 0 Å². The van der Waals surface area contributed by atoms with E-state index in [1.807, 2.05) is 80.6 Å². The molecule has 1 unspecified atom stereocenters. The van der Waals surface area contributed by atoms with Crippen LogP contribution in [-0.2, 0) is 22.6 Å². The van der Waals surface area contributed by atoms with Crippen LogP contribution in [0.25, 0.3) is 10.8 Å². The maximum absolute atomic E-state index is 14.8. The fourth-order valence-corrected chi connectivity index (χ4v) is 5.52. The number of benzene rings is 4. The van der Waals surface area contributed by atoms with Crippen molar-refractivity contribution in [2.24, 2.45) is 5.92 Å². The highest BCUT2D eigenvalue weighted by Gasteiger charge is 2.32. The SMILES string of the molecule is CC(C)CNC(=O)C(Cc1ccccc1)N(Cc1ccccc1F)C(=O)CCCN1C(=O)c2cccc3cccc1c23. The van der Waals surface area contributed by atoms with E-state index < -0.39 is 11.9 Å². The third kappa shape index (κ3) is 6.35. The van der Waals surface area contributed by atoms with Crippen molar-refractivity contribution in [1.82, 2.24) is 10.2 Å². The zero-order valence-corrected chi connectivity index (χ0v) is 24.1. The Morgan fingerprint density at radius 3 is 2.36 bits per heavy atom. The zero-order valence-electron chi connectivity index (χ0n) is 24.1. The van der Waals surface area contributed by atoms with Gasteiger partial charge in [0.1, 0.15) is 11.9 Å². The van der Waals surface area contributed by atoms with Gasteiger partial charge >= 0.3 is 0 Å². The Bertz CT molecular complexity index is 1580. The summed E-state index contributed by atoms with van der Waals surface area (Å²) < 4.78 is 14.8. The number of carbonyl (C=O) groups excluding carboxylic acids is 3. The normalized spacial score (nSPS) is 13.0. The third-order valence-corrected chi connectivity index (χ3v) is 7.68. The van der Waals surface area contributed by atoms with Gasteiger partial charge in [0.05, 0.1) is 5.69 Å². The number of rotatable bonds is 12. The fourth-order valence-electron chi connectivity index (χ4n) is 5.52. The molecule has 5 rings (SSSR count). The lowest BCUT2D eigenvalue weighted by Gasteiger charge is -2.32. The van der Waals surface area contributed by atoms with Crippen LogP contribution in [0, 0.1) is 11.7 Å². The highest BCUT2D eigenvalue weighted by molar-refractivity contribution is 6.25. The van der Waals surface area contributed by atoms with E-state index in [2.05, 4.69) is 5.32 Å². The van der Waals surface area contributed by atoms with Gasteiger partial charge in [-0.2, -0.15) is 0 Å². The molecule has 0 aliphatic carbocycles. The van der Waals surface area contributed by atoms with Crippen molar-refractivity contribution in [3.05, 3.63) is 114 Å². The van der Waals surface area contributed by atoms with Crippen LogP contribution in [0.15, 0.2) is 91.0 Å². The van der Waals surface area contributed by atoms with Gasteiger partial charge in [0.25, 0.3) is 5.91 Å². The fraction of sp³-hybridized carbons (Fsp3) is 0.286. The summed E-state index contributed by atoms with van der Waals surface area (Å²) >= 11 is 0. The smallest absolute Gasteiger partial charge is 0.258 e. The predicted molar refractivity (Wildman–Crippen MR) is 164 cm³/mol. The third-order valence-electron chi connectivity index (χ3n) is 7.68. The predicted octanol–water partition coefficient (Wildman–Crippen LogP) is 6.13. The Kier molecular flexibility index (Phi) is 8.96. The van der Waals surface area contributed by atoms with E-state index in [9.17, 15) is 18.8 Å². The molecule has 0 bridgehead atoms. The highest BCUT2D eigenvalue weighted by Crippen LogP contribution is 2.37. The maximum Gasteiger partial charge on any atom is 0.258 e. The van der Waals surface area contributed by atoms with Gasteiger partial charge in [0, 0.05) is 49.0 Å². The summed E-state index contributed by atoms with van der Waals surface area (Å²) in [4.78, 5) is 44.0. The topological polar surface area (TPSA) is 69.7 Å². The summed E-state index contributed by atoms with van der Waals surface area (Å²) in [5, 5.41) is 4.92. The van der Waals surface area contributed by atoms with Crippen LogP contribution >= 0.6 is 0 Å². The maximum atomic E-state index is 14.8. The molecule has 0 radical (unpaired) electrons. The second kappa shape index (κ2) is 13.0. The summed E-state index contributed by atoms with van der Waals surface area (Å²) in [5.74, 6) is -0.804. The van der Waals surface area contributed by atoms with Crippen LogP contribution in [0.2, 0.25) is 0 Å². The van der Waals surface area contributed by atoms with Crippen molar-refractivity contribution in [1.29, 1.82) is 0 Å². The first-order valence-corrected chi connectivity index (χ1v) is 14.5. The van der Waals surface area contributed by atoms with E-state index in [1.54, 1.807) is 23.1 Å². The van der Waals surface area contributed by atoms with Crippen molar-refractivity contribution < 1.29 is 18.8 Å². The lowest BCUT2D eigenvalue weighted by atomic mass is 10.0. The lowest BCUT2D eigenvalue weighted by Crippen LogP contribution is -2.51. The van der Waals surface area contributed by atoms with Gasteiger partial charge in [-0.05, 0) is 41.5 Å². The van der Waals surface area contributed by atoms with Crippen molar-refractivity contribution in [3.63, 3.8) is 0 Å². The molecule has 0 saturated heterocycles. The van der Waals surface area contributed by atoms with E-state index in [4.69, 9.17) is 0 Å². The van der Waals surface area contributed by atoms with Gasteiger partial charge < -0.3 is 15.1 Å². The molecule has 216 valence electrons. The van der Waals surface area contributed by atoms with Crippen LogP contribution in [0.1, 0.15) is 48.2 Å². The average Bonchev–Trinajstić information content (AvgIpc) is 3.27. The van der Waals surface area contributed by atoms with Gasteiger partial charge in [-0.3, -0.25) is 14.4 Å². The Morgan fingerprint density at radius 2 is 1.62 bits per heavy atom. The van der Waals surface area contributed by atoms with Crippen molar-refractivity contribution in [3.8, 4) is 0 Å². The number of nitrogens with zero attached hydrogens (tertiary/aromatic N) is 2. The Labute approximate surface area is 246 Å². The number of amides is 3. The van der Waals surface area contributed by atoms with E-state index in [0.29, 0.717) is 37.1 Å². The van der Waals surface area contributed by atoms with E-state index in [0.717, 1.165) is 22.0 Å². The highest BCUT2D eigenvalue weighted by atomic mass is 19.1. The molecule has 4 aromatic carbocycles. The van der Waals surface area contributed by atoms with Gasteiger partial charge in [0.2, 0.25) is 11.8 Å². The summed E-state index contributed by atoms with van der Waals surface area (Å²) in [6.07, 6.45) is 0.800. The molecule has 0 aromatic heterocycles. The zero-order chi connectivity index (χ0) is 29.6.